The molecule has 3 rings (SSSR count). The molecule has 9 heteroatoms. The molecule has 0 aliphatic heterocycles. The maximum Gasteiger partial charge on any atom is 0.437 e. The minimum Gasteiger partial charge on any atom is -0.386 e. The van der Waals surface area contributed by atoms with Crippen LogP contribution >= 0.6 is 0 Å². The summed E-state index contributed by atoms with van der Waals surface area (Å²) < 4.78 is 41.9. The highest BCUT2D eigenvalue weighted by molar-refractivity contribution is 5.92. The smallest absolute Gasteiger partial charge is 0.386 e. The molecule has 6 nitrogen and oxygen atoms in total. The van der Waals surface area contributed by atoms with Crippen molar-refractivity contribution in [3.63, 3.8) is 0 Å². The first kappa shape index (κ1) is 17.3. The average molecular weight is 353 g/mol. The average Bonchev–Trinajstić information content (AvgIpc) is 2.99. The summed E-state index contributed by atoms with van der Waals surface area (Å²) in [6.45, 7) is 3.32. The summed E-state index contributed by atoms with van der Waals surface area (Å²) in [4.78, 5) is 0. The first-order chi connectivity index (χ1) is 11.5. The normalized spacial score (nSPS) is 12.8. The Labute approximate surface area is 141 Å². The van der Waals surface area contributed by atoms with Crippen molar-refractivity contribution in [1.29, 1.82) is 0 Å². The van der Waals surface area contributed by atoms with E-state index in [0.717, 1.165) is 4.68 Å². The zero-order chi connectivity index (χ0) is 18.6. The quantitative estimate of drug-likeness (QED) is 0.758. The molecule has 0 saturated heterocycles. The zero-order valence-electron chi connectivity index (χ0n) is 14.2. The van der Waals surface area contributed by atoms with Gasteiger partial charge in [-0.3, -0.25) is 9.36 Å². The van der Waals surface area contributed by atoms with Crippen molar-refractivity contribution in [1.82, 2.24) is 19.6 Å². The van der Waals surface area contributed by atoms with Crippen molar-refractivity contribution in [3.8, 4) is 0 Å². The van der Waals surface area contributed by atoms with Crippen LogP contribution in [0.1, 0.15) is 25.1 Å². The summed E-state index contributed by atoms with van der Waals surface area (Å²) in [5.74, 6) is 0.290. The van der Waals surface area contributed by atoms with Gasteiger partial charge in [-0.1, -0.05) is 6.07 Å². The van der Waals surface area contributed by atoms with Crippen molar-refractivity contribution >= 4 is 22.4 Å². The number of aryl methyl sites for hydroxylation is 2. The second kappa shape index (κ2) is 5.48. The van der Waals surface area contributed by atoms with Crippen LogP contribution in [0, 0.1) is 0 Å². The Bertz CT molecular complexity index is 934. The van der Waals surface area contributed by atoms with Crippen LogP contribution in [0.2, 0.25) is 0 Å². The molecule has 0 unspecified atom stereocenters. The molecule has 0 saturated carbocycles. The first-order valence-corrected chi connectivity index (χ1v) is 7.54. The molecule has 2 heterocycles. The molecule has 0 spiro atoms. The van der Waals surface area contributed by atoms with Gasteiger partial charge in [-0.25, -0.2) is 0 Å². The zero-order valence-corrected chi connectivity index (χ0v) is 14.2. The second-order valence-corrected chi connectivity index (χ2v) is 6.45. The number of aromatic nitrogens is 4. The molecule has 2 aromatic heterocycles. The van der Waals surface area contributed by atoms with Gasteiger partial charge in [0.1, 0.15) is 0 Å². The predicted molar refractivity (Wildman–Crippen MR) is 87.5 cm³/mol. The van der Waals surface area contributed by atoms with Gasteiger partial charge in [0, 0.05) is 25.7 Å². The van der Waals surface area contributed by atoms with E-state index in [9.17, 15) is 18.3 Å². The number of benzene rings is 1. The Kier molecular flexibility index (Phi) is 3.79. The highest BCUT2D eigenvalue weighted by Crippen LogP contribution is 2.36. The van der Waals surface area contributed by atoms with Crippen LogP contribution in [-0.4, -0.2) is 24.7 Å². The minimum atomic E-state index is -4.57. The van der Waals surface area contributed by atoms with Crippen molar-refractivity contribution in [2.24, 2.45) is 14.1 Å². The van der Waals surface area contributed by atoms with Gasteiger partial charge in [0.25, 0.3) is 0 Å². The van der Waals surface area contributed by atoms with E-state index in [4.69, 9.17) is 0 Å². The predicted octanol–water partition coefficient (Wildman–Crippen LogP) is 3.30. The molecule has 3 aromatic rings. The Morgan fingerprint density at radius 1 is 1.12 bits per heavy atom. The Balaban J connectivity index is 2.07. The summed E-state index contributed by atoms with van der Waals surface area (Å²) in [5, 5.41) is 21.2. The van der Waals surface area contributed by atoms with Crippen LogP contribution in [-0.2, 0) is 25.9 Å². The second-order valence-electron chi connectivity index (χ2n) is 6.45. The summed E-state index contributed by atoms with van der Waals surface area (Å²) in [7, 11) is 3.11. The van der Waals surface area contributed by atoms with Gasteiger partial charge in [-0.05, 0) is 31.5 Å². The summed E-state index contributed by atoms with van der Waals surface area (Å²) in [6, 6.07) is 5.21. The lowest BCUT2D eigenvalue weighted by Crippen LogP contribution is -2.15. The van der Waals surface area contributed by atoms with Crippen LogP contribution in [0.15, 0.2) is 24.4 Å². The van der Waals surface area contributed by atoms with Crippen molar-refractivity contribution in [3.05, 3.63) is 35.7 Å². The number of hydrogen-bond donors (Lipinski definition) is 2. The number of alkyl halides is 3. The molecule has 2 N–H and O–H groups in total. The van der Waals surface area contributed by atoms with E-state index in [2.05, 4.69) is 15.5 Å². The number of nitrogens with one attached hydrogen (secondary N) is 1. The Morgan fingerprint density at radius 3 is 2.40 bits per heavy atom. The SMILES string of the molecule is Cn1cc(Nc2nn(C)c3cc(C(C)(C)O)ccc23)c(C(F)(F)F)n1. The van der Waals surface area contributed by atoms with Gasteiger partial charge in [0.2, 0.25) is 0 Å². The monoisotopic (exact) mass is 353 g/mol. The molecule has 1 aromatic carbocycles. The van der Waals surface area contributed by atoms with Crippen LogP contribution in [0.5, 0.6) is 0 Å². The third-order valence-electron chi connectivity index (χ3n) is 3.91. The molecule has 0 aliphatic carbocycles. The number of anilines is 2. The molecular formula is C16H18F3N5O. The van der Waals surface area contributed by atoms with Gasteiger partial charge < -0.3 is 10.4 Å². The molecule has 0 atom stereocenters. The third kappa shape index (κ3) is 3.19. The fourth-order valence-electron chi connectivity index (χ4n) is 2.65. The van der Waals surface area contributed by atoms with Crippen LogP contribution in [0.3, 0.4) is 0 Å². The number of halogens is 3. The third-order valence-corrected chi connectivity index (χ3v) is 3.91. The van der Waals surface area contributed by atoms with Crippen LogP contribution in [0.4, 0.5) is 24.7 Å². The Hall–Kier alpha value is -2.55. The van der Waals surface area contributed by atoms with E-state index < -0.39 is 17.5 Å². The number of nitrogens with zero attached hydrogens (tertiary/aromatic N) is 4. The maximum absolute atomic E-state index is 13.1. The molecule has 134 valence electrons. The Morgan fingerprint density at radius 2 is 1.80 bits per heavy atom. The number of hydrogen-bond acceptors (Lipinski definition) is 4. The number of rotatable bonds is 3. The van der Waals surface area contributed by atoms with E-state index in [1.54, 1.807) is 43.8 Å². The minimum absolute atomic E-state index is 0.165. The molecule has 0 fully saturated rings. The van der Waals surface area contributed by atoms with Crippen LogP contribution in [0.25, 0.3) is 10.9 Å². The molecule has 25 heavy (non-hydrogen) atoms. The van der Waals surface area contributed by atoms with E-state index in [1.165, 1.54) is 13.2 Å². The van der Waals surface area contributed by atoms with Gasteiger partial charge in [0.05, 0.1) is 16.8 Å². The largest absolute Gasteiger partial charge is 0.437 e. The van der Waals surface area contributed by atoms with E-state index >= 15 is 0 Å². The highest BCUT2D eigenvalue weighted by Gasteiger charge is 2.37. The fraction of sp³-hybridized carbons (Fsp3) is 0.375. The fourth-order valence-corrected chi connectivity index (χ4v) is 2.65. The van der Waals surface area contributed by atoms with Crippen molar-refractivity contribution in [2.45, 2.75) is 25.6 Å². The maximum atomic E-state index is 13.1. The van der Waals surface area contributed by atoms with E-state index in [0.29, 0.717) is 22.3 Å². The van der Waals surface area contributed by atoms with Gasteiger partial charge in [0.15, 0.2) is 11.5 Å². The molecule has 0 aliphatic rings. The van der Waals surface area contributed by atoms with E-state index in [-0.39, 0.29) is 5.69 Å². The van der Waals surface area contributed by atoms with Crippen LogP contribution < -0.4 is 5.32 Å². The molecular weight excluding hydrogens is 335 g/mol. The lowest BCUT2D eigenvalue weighted by Gasteiger charge is -2.17. The topological polar surface area (TPSA) is 67.9 Å². The number of aliphatic hydroxyl groups is 1. The van der Waals surface area contributed by atoms with E-state index in [1.807, 2.05) is 0 Å². The molecule has 0 bridgehead atoms. The highest BCUT2D eigenvalue weighted by atomic mass is 19.4. The number of fused-ring (bicyclic) bond motifs is 1. The molecule has 0 amide bonds. The summed E-state index contributed by atoms with van der Waals surface area (Å²) in [6.07, 6.45) is -3.31. The first-order valence-electron chi connectivity index (χ1n) is 7.54. The van der Waals surface area contributed by atoms with Crippen molar-refractivity contribution in [2.75, 3.05) is 5.32 Å². The summed E-state index contributed by atoms with van der Waals surface area (Å²) in [5.41, 5.74) is -0.811. The summed E-state index contributed by atoms with van der Waals surface area (Å²) >= 11 is 0. The van der Waals surface area contributed by atoms with Gasteiger partial charge >= 0.3 is 6.18 Å². The standard InChI is InChI=1S/C16H18F3N5O/c1-15(2,25)9-5-6-10-12(7-9)24(4)22-14(10)20-11-8-23(3)21-13(11)16(17,18)19/h5-8,25H,1-4H3,(H,20,22). The van der Waals surface area contributed by atoms with Gasteiger partial charge in [-0.15, -0.1) is 0 Å². The molecule has 0 radical (unpaired) electrons. The van der Waals surface area contributed by atoms with Gasteiger partial charge in [-0.2, -0.15) is 23.4 Å². The lowest BCUT2D eigenvalue weighted by atomic mass is 9.97. The van der Waals surface area contributed by atoms with Crippen molar-refractivity contribution < 1.29 is 18.3 Å². The lowest BCUT2D eigenvalue weighted by molar-refractivity contribution is -0.140.